The normalized spacial score (nSPS) is 13.8. The number of carboxylic acids is 1. The van der Waals surface area contributed by atoms with Crippen molar-refractivity contribution >= 4 is 17.7 Å². The van der Waals surface area contributed by atoms with Gasteiger partial charge in [-0.1, -0.05) is 0 Å². The first kappa shape index (κ1) is 18.5. The molecule has 0 saturated heterocycles. The molecular formula is C12H14F3N3O5. The van der Waals surface area contributed by atoms with Crippen molar-refractivity contribution in [3.63, 3.8) is 0 Å². The number of aliphatic carboxylic acids is 1. The van der Waals surface area contributed by atoms with Crippen LogP contribution in [0.2, 0.25) is 0 Å². The Bertz CT molecular complexity index is 577. The second-order valence-electron chi connectivity index (χ2n) is 4.67. The second kappa shape index (κ2) is 7.13. The molecule has 8 nitrogen and oxygen atoms in total. The highest BCUT2D eigenvalue weighted by molar-refractivity contribution is 5.90. The number of anilines is 1. The number of hydrogen-bond acceptors (Lipinski definition) is 5. The van der Waals surface area contributed by atoms with Gasteiger partial charge < -0.3 is 25.6 Å². The standard InChI is InChI=1S/C12H14F3N3O5/c1-11(22,9(19)20)5-17-10(21)18-7-2-3-16-8(4-7)23-6-12(13,14)15/h2-4,22H,5-6H2,1H3,(H,19,20)(H2,16,17,18,21). The molecule has 0 bridgehead atoms. The van der Waals surface area contributed by atoms with Crippen LogP contribution in [-0.4, -0.2) is 52.1 Å². The molecule has 1 atom stereocenters. The lowest BCUT2D eigenvalue weighted by Crippen LogP contribution is -2.47. The number of pyridine rings is 1. The molecule has 1 rings (SSSR count). The van der Waals surface area contributed by atoms with Crippen molar-refractivity contribution in [3.05, 3.63) is 18.3 Å². The van der Waals surface area contributed by atoms with Crippen molar-refractivity contribution in [2.45, 2.75) is 18.7 Å². The van der Waals surface area contributed by atoms with Gasteiger partial charge in [-0.25, -0.2) is 14.6 Å². The largest absolute Gasteiger partial charge is 0.479 e. The summed E-state index contributed by atoms with van der Waals surface area (Å²) in [4.78, 5) is 25.7. The number of halogens is 3. The number of urea groups is 1. The number of nitrogens with zero attached hydrogens (tertiary/aromatic N) is 1. The van der Waals surface area contributed by atoms with E-state index in [-0.39, 0.29) is 11.6 Å². The third-order valence-corrected chi connectivity index (χ3v) is 2.43. The summed E-state index contributed by atoms with van der Waals surface area (Å²) in [5.41, 5.74) is -2.08. The van der Waals surface area contributed by atoms with E-state index in [0.29, 0.717) is 0 Å². The van der Waals surface area contributed by atoms with Gasteiger partial charge >= 0.3 is 18.2 Å². The fourth-order valence-corrected chi connectivity index (χ4v) is 1.23. The Morgan fingerprint density at radius 1 is 1.39 bits per heavy atom. The van der Waals surface area contributed by atoms with Gasteiger partial charge in [0.05, 0.1) is 6.54 Å². The summed E-state index contributed by atoms with van der Waals surface area (Å²) in [6.45, 7) is -1.11. The maximum absolute atomic E-state index is 12.0. The summed E-state index contributed by atoms with van der Waals surface area (Å²) in [7, 11) is 0. The number of alkyl halides is 3. The molecular weight excluding hydrogens is 323 g/mol. The number of carboxylic acid groups (broad SMARTS) is 1. The van der Waals surface area contributed by atoms with Gasteiger partial charge in [-0.3, -0.25) is 0 Å². The maximum Gasteiger partial charge on any atom is 0.422 e. The van der Waals surface area contributed by atoms with Crippen LogP contribution in [0.15, 0.2) is 18.3 Å². The lowest BCUT2D eigenvalue weighted by atomic mass is 10.1. The Kier molecular flexibility index (Phi) is 5.73. The lowest BCUT2D eigenvalue weighted by molar-refractivity contribution is -0.156. The van der Waals surface area contributed by atoms with Gasteiger partial charge in [0.1, 0.15) is 0 Å². The topological polar surface area (TPSA) is 121 Å². The van der Waals surface area contributed by atoms with Crippen molar-refractivity contribution < 1.29 is 37.7 Å². The minimum Gasteiger partial charge on any atom is -0.479 e. The van der Waals surface area contributed by atoms with Gasteiger partial charge in [0.25, 0.3) is 0 Å². The summed E-state index contributed by atoms with van der Waals surface area (Å²) in [5.74, 6) is -1.87. The number of ether oxygens (including phenoxy) is 1. The fourth-order valence-electron chi connectivity index (χ4n) is 1.23. The van der Waals surface area contributed by atoms with E-state index in [9.17, 15) is 27.9 Å². The zero-order valence-corrected chi connectivity index (χ0v) is 11.8. The molecule has 0 fully saturated rings. The molecule has 0 aliphatic carbocycles. The molecule has 2 amide bonds. The minimum atomic E-state index is -4.52. The number of amides is 2. The molecule has 23 heavy (non-hydrogen) atoms. The van der Waals surface area contributed by atoms with Crippen molar-refractivity contribution in [2.24, 2.45) is 0 Å². The SMILES string of the molecule is CC(O)(CNC(=O)Nc1ccnc(OCC(F)(F)F)c1)C(=O)O. The van der Waals surface area contributed by atoms with Gasteiger partial charge in [-0.05, 0) is 13.0 Å². The first-order chi connectivity index (χ1) is 10.5. The molecule has 0 aliphatic heterocycles. The zero-order chi connectivity index (χ0) is 17.7. The molecule has 0 aliphatic rings. The third-order valence-electron chi connectivity index (χ3n) is 2.43. The van der Waals surface area contributed by atoms with Crippen molar-refractivity contribution in [1.29, 1.82) is 0 Å². The van der Waals surface area contributed by atoms with E-state index >= 15 is 0 Å². The molecule has 0 radical (unpaired) electrons. The van der Waals surface area contributed by atoms with Gasteiger partial charge in [0, 0.05) is 18.0 Å². The molecule has 0 aromatic carbocycles. The van der Waals surface area contributed by atoms with Crippen LogP contribution in [0.1, 0.15) is 6.92 Å². The van der Waals surface area contributed by atoms with E-state index in [2.05, 4.69) is 20.4 Å². The molecule has 11 heteroatoms. The number of aromatic nitrogens is 1. The highest BCUT2D eigenvalue weighted by atomic mass is 19.4. The summed E-state index contributed by atoms with van der Waals surface area (Å²) in [5, 5.41) is 22.4. The number of carbonyl (C=O) groups is 2. The van der Waals surface area contributed by atoms with Gasteiger partial charge in [-0.15, -0.1) is 0 Å². The molecule has 4 N–H and O–H groups in total. The number of carbonyl (C=O) groups excluding carboxylic acids is 1. The van der Waals surface area contributed by atoms with E-state index < -0.39 is 36.9 Å². The van der Waals surface area contributed by atoms with E-state index in [4.69, 9.17) is 5.11 Å². The van der Waals surface area contributed by atoms with Crippen LogP contribution in [0.4, 0.5) is 23.7 Å². The Balaban J connectivity index is 2.57. The number of hydrogen-bond donors (Lipinski definition) is 4. The monoisotopic (exact) mass is 337 g/mol. The van der Waals surface area contributed by atoms with Gasteiger partial charge in [-0.2, -0.15) is 13.2 Å². The summed E-state index contributed by atoms with van der Waals surface area (Å²) < 4.78 is 40.5. The van der Waals surface area contributed by atoms with Crippen molar-refractivity contribution in [1.82, 2.24) is 10.3 Å². The molecule has 0 saturated carbocycles. The van der Waals surface area contributed by atoms with Crippen LogP contribution in [0, 0.1) is 0 Å². The summed E-state index contributed by atoms with van der Waals surface area (Å²) in [6, 6.07) is 1.48. The summed E-state index contributed by atoms with van der Waals surface area (Å²) in [6.07, 6.45) is -3.40. The average molecular weight is 337 g/mol. The molecule has 0 spiro atoms. The Hall–Kier alpha value is -2.56. The first-order valence-corrected chi connectivity index (χ1v) is 6.16. The second-order valence-corrected chi connectivity index (χ2v) is 4.67. The van der Waals surface area contributed by atoms with Crippen LogP contribution in [0.5, 0.6) is 5.88 Å². The zero-order valence-electron chi connectivity index (χ0n) is 11.8. The van der Waals surface area contributed by atoms with Crippen LogP contribution in [-0.2, 0) is 4.79 Å². The van der Waals surface area contributed by atoms with Gasteiger partial charge in [0.2, 0.25) is 5.88 Å². The number of aliphatic hydroxyl groups is 1. The highest BCUT2D eigenvalue weighted by Gasteiger charge is 2.30. The van der Waals surface area contributed by atoms with Crippen molar-refractivity contribution in [3.8, 4) is 5.88 Å². The fraction of sp³-hybridized carbons (Fsp3) is 0.417. The predicted octanol–water partition coefficient (Wildman–Crippen LogP) is 0.980. The Morgan fingerprint density at radius 3 is 2.61 bits per heavy atom. The Labute approximate surface area is 128 Å². The highest BCUT2D eigenvalue weighted by Crippen LogP contribution is 2.19. The quantitative estimate of drug-likeness (QED) is 0.614. The van der Waals surface area contributed by atoms with Gasteiger partial charge in [0.15, 0.2) is 12.2 Å². The van der Waals surface area contributed by atoms with Crippen LogP contribution in [0.25, 0.3) is 0 Å². The van der Waals surface area contributed by atoms with E-state index in [1.807, 2.05) is 0 Å². The van der Waals surface area contributed by atoms with Crippen LogP contribution >= 0.6 is 0 Å². The average Bonchev–Trinajstić information content (AvgIpc) is 2.43. The third kappa shape index (κ3) is 6.82. The maximum atomic E-state index is 12.0. The number of rotatable bonds is 6. The molecule has 1 aromatic rings. The summed E-state index contributed by atoms with van der Waals surface area (Å²) >= 11 is 0. The molecule has 1 aromatic heterocycles. The Morgan fingerprint density at radius 2 is 2.04 bits per heavy atom. The van der Waals surface area contributed by atoms with E-state index in [1.165, 1.54) is 6.07 Å². The first-order valence-electron chi connectivity index (χ1n) is 6.16. The van der Waals surface area contributed by atoms with Crippen LogP contribution < -0.4 is 15.4 Å². The molecule has 128 valence electrons. The lowest BCUT2D eigenvalue weighted by Gasteiger charge is -2.18. The van der Waals surface area contributed by atoms with E-state index in [0.717, 1.165) is 19.2 Å². The minimum absolute atomic E-state index is 0.0737. The number of nitrogens with one attached hydrogen (secondary N) is 2. The van der Waals surface area contributed by atoms with Crippen molar-refractivity contribution in [2.75, 3.05) is 18.5 Å². The van der Waals surface area contributed by atoms with Crippen LogP contribution in [0.3, 0.4) is 0 Å². The predicted molar refractivity (Wildman–Crippen MR) is 71.1 cm³/mol. The molecule has 1 heterocycles. The smallest absolute Gasteiger partial charge is 0.422 e. The van der Waals surface area contributed by atoms with E-state index in [1.54, 1.807) is 0 Å². The molecule has 1 unspecified atom stereocenters.